The summed E-state index contributed by atoms with van der Waals surface area (Å²) in [4.78, 5) is 4.54. The van der Waals surface area contributed by atoms with E-state index in [2.05, 4.69) is 36.3 Å². The van der Waals surface area contributed by atoms with Gasteiger partial charge in [-0.05, 0) is 37.3 Å². The van der Waals surface area contributed by atoms with Crippen molar-refractivity contribution in [1.82, 2.24) is 10.3 Å². The molecule has 1 aliphatic rings. The van der Waals surface area contributed by atoms with Crippen molar-refractivity contribution in [1.29, 1.82) is 0 Å². The Morgan fingerprint density at radius 3 is 2.88 bits per heavy atom. The minimum atomic E-state index is 0.433. The van der Waals surface area contributed by atoms with Gasteiger partial charge < -0.3 is 5.32 Å². The van der Waals surface area contributed by atoms with Gasteiger partial charge in [0.1, 0.15) is 0 Å². The minimum absolute atomic E-state index is 0.433. The van der Waals surface area contributed by atoms with Crippen molar-refractivity contribution in [3.05, 3.63) is 29.6 Å². The fourth-order valence-electron chi connectivity index (χ4n) is 2.80. The van der Waals surface area contributed by atoms with Crippen LogP contribution in [0.25, 0.3) is 0 Å². The second-order valence-electron chi connectivity index (χ2n) is 5.94. The van der Waals surface area contributed by atoms with Crippen LogP contribution in [0.3, 0.4) is 0 Å². The molecular weight excluding hydrogens is 208 g/mol. The Morgan fingerprint density at radius 2 is 2.18 bits per heavy atom. The molecule has 1 aliphatic carbocycles. The van der Waals surface area contributed by atoms with Crippen LogP contribution in [-0.2, 0) is 6.54 Å². The van der Waals surface area contributed by atoms with E-state index in [-0.39, 0.29) is 0 Å². The average molecular weight is 232 g/mol. The number of aromatic nitrogens is 1. The molecule has 2 nitrogen and oxygen atoms in total. The van der Waals surface area contributed by atoms with Gasteiger partial charge >= 0.3 is 0 Å². The summed E-state index contributed by atoms with van der Waals surface area (Å²) in [6.45, 7) is 7.71. The van der Waals surface area contributed by atoms with Crippen molar-refractivity contribution >= 4 is 0 Å². The van der Waals surface area contributed by atoms with Gasteiger partial charge in [-0.15, -0.1) is 0 Å². The van der Waals surface area contributed by atoms with E-state index in [0.29, 0.717) is 11.5 Å². The summed E-state index contributed by atoms with van der Waals surface area (Å²) in [7, 11) is 0. The number of rotatable bonds is 3. The molecule has 1 heterocycles. The molecule has 0 spiro atoms. The maximum absolute atomic E-state index is 4.54. The fourth-order valence-corrected chi connectivity index (χ4v) is 2.80. The maximum Gasteiger partial charge on any atom is 0.0544 e. The Labute approximate surface area is 105 Å². The molecule has 0 radical (unpaired) electrons. The highest BCUT2D eigenvalue weighted by Crippen LogP contribution is 2.35. The molecule has 0 saturated heterocycles. The van der Waals surface area contributed by atoms with E-state index in [0.717, 1.165) is 17.9 Å². The molecule has 1 saturated carbocycles. The van der Waals surface area contributed by atoms with Crippen molar-refractivity contribution in [3.8, 4) is 0 Å². The van der Waals surface area contributed by atoms with Gasteiger partial charge in [-0.2, -0.15) is 0 Å². The Bertz CT molecular complexity index is 371. The molecule has 1 aromatic rings. The summed E-state index contributed by atoms with van der Waals surface area (Å²) < 4.78 is 0. The zero-order valence-corrected chi connectivity index (χ0v) is 11.3. The average Bonchev–Trinajstić information content (AvgIpc) is 2.27. The lowest BCUT2D eigenvalue weighted by Gasteiger charge is -2.39. The second-order valence-corrected chi connectivity index (χ2v) is 5.94. The number of nitrogens with one attached hydrogen (secondary N) is 1. The van der Waals surface area contributed by atoms with Gasteiger partial charge in [0.2, 0.25) is 0 Å². The molecule has 1 aromatic heterocycles. The topological polar surface area (TPSA) is 24.9 Å². The third-order valence-corrected chi connectivity index (χ3v) is 3.98. The van der Waals surface area contributed by atoms with Gasteiger partial charge in [0, 0.05) is 18.3 Å². The van der Waals surface area contributed by atoms with Crippen molar-refractivity contribution in [2.75, 3.05) is 0 Å². The molecule has 1 N–H and O–H groups in total. The first-order valence-corrected chi connectivity index (χ1v) is 6.74. The molecule has 2 rings (SSSR count). The van der Waals surface area contributed by atoms with Crippen LogP contribution in [0.1, 0.15) is 50.9 Å². The highest BCUT2D eigenvalue weighted by molar-refractivity contribution is 5.10. The fraction of sp³-hybridized carbons (Fsp3) is 0.667. The molecule has 1 unspecified atom stereocenters. The summed E-state index contributed by atoms with van der Waals surface area (Å²) in [6, 6.07) is 6.88. The zero-order chi connectivity index (χ0) is 12.3. The SMILES string of the molecule is Cc1cccc(CNC2CCCCC2(C)C)n1. The van der Waals surface area contributed by atoms with Gasteiger partial charge in [-0.3, -0.25) is 4.98 Å². The number of nitrogens with zero attached hydrogens (tertiary/aromatic N) is 1. The van der Waals surface area contributed by atoms with E-state index in [9.17, 15) is 0 Å². The first-order chi connectivity index (χ1) is 8.08. The lowest BCUT2D eigenvalue weighted by molar-refractivity contribution is 0.166. The minimum Gasteiger partial charge on any atom is -0.308 e. The quantitative estimate of drug-likeness (QED) is 0.863. The Balaban J connectivity index is 1.93. The first kappa shape index (κ1) is 12.6. The normalized spacial score (nSPS) is 23.6. The van der Waals surface area contributed by atoms with Crippen molar-refractivity contribution in [2.24, 2.45) is 5.41 Å². The van der Waals surface area contributed by atoms with Crippen LogP contribution in [0.15, 0.2) is 18.2 Å². The smallest absolute Gasteiger partial charge is 0.0544 e. The Hall–Kier alpha value is -0.890. The molecule has 2 heteroatoms. The summed E-state index contributed by atoms with van der Waals surface area (Å²) in [5, 5.41) is 3.69. The highest BCUT2D eigenvalue weighted by Gasteiger charge is 2.31. The number of pyridine rings is 1. The van der Waals surface area contributed by atoms with Gasteiger partial charge in [-0.25, -0.2) is 0 Å². The third kappa shape index (κ3) is 3.29. The Kier molecular flexibility index (Phi) is 3.82. The van der Waals surface area contributed by atoms with Crippen LogP contribution in [0.4, 0.5) is 0 Å². The largest absolute Gasteiger partial charge is 0.308 e. The molecule has 17 heavy (non-hydrogen) atoms. The van der Waals surface area contributed by atoms with Crippen LogP contribution < -0.4 is 5.32 Å². The van der Waals surface area contributed by atoms with Gasteiger partial charge in [0.15, 0.2) is 0 Å². The Morgan fingerprint density at radius 1 is 1.35 bits per heavy atom. The summed E-state index contributed by atoms with van der Waals surface area (Å²) in [6.07, 6.45) is 5.39. The van der Waals surface area contributed by atoms with Crippen LogP contribution in [-0.4, -0.2) is 11.0 Å². The van der Waals surface area contributed by atoms with E-state index in [1.54, 1.807) is 0 Å². The summed E-state index contributed by atoms with van der Waals surface area (Å²) in [5.41, 5.74) is 2.70. The lowest BCUT2D eigenvalue weighted by Crippen LogP contribution is -2.43. The highest BCUT2D eigenvalue weighted by atomic mass is 14.9. The third-order valence-electron chi connectivity index (χ3n) is 3.98. The van der Waals surface area contributed by atoms with Crippen molar-refractivity contribution in [2.45, 2.75) is 59.0 Å². The number of hydrogen-bond acceptors (Lipinski definition) is 2. The van der Waals surface area contributed by atoms with Crippen molar-refractivity contribution in [3.63, 3.8) is 0 Å². The van der Waals surface area contributed by atoms with E-state index in [1.807, 2.05) is 13.0 Å². The van der Waals surface area contributed by atoms with E-state index < -0.39 is 0 Å². The van der Waals surface area contributed by atoms with E-state index >= 15 is 0 Å². The van der Waals surface area contributed by atoms with Gasteiger partial charge in [0.05, 0.1) is 5.69 Å². The molecule has 0 bridgehead atoms. The number of hydrogen-bond donors (Lipinski definition) is 1. The second kappa shape index (κ2) is 5.18. The van der Waals surface area contributed by atoms with Crippen LogP contribution in [0, 0.1) is 12.3 Å². The van der Waals surface area contributed by atoms with Crippen LogP contribution >= 0.6 is 0 Å². The molecule has 94 valence electrons. The first-order valence-electron chi connectivity index (χ1n) is 6.74. The zero-order valence-electron chi connectivity index (χ0n) is 11.3. The van der Waals surface area contributed by atoms with Crippen LogP contribution in [0.2, 0.25) is 0 Å². The predicted octanol–water partition coefficient (Wildman–Crippen LogP) is 3.45. The maximum atomic E-state index is 4.54. The molecule has 0 amide bonds. The van der Waals surface area contributed by atoms with Crippen LogP contribution in [0.5, 0.6) is 0 Å². The molecule has 0 aromatic carbocycles. The number of aryl methyl sites for hydroxylation is 1. The summed E-state index contributed by atoms with van der Waals surface area (Å²) >= 11 is 0. The molecule has 1 atom stereocenters. The predicted molar refractivity (Wildman–Crippen MR) is 71.9 cm³/mol. The van der Waals surface area contributed by atoms with Gasteiger partial charge in [0.25, 0.3) is 0 Å². The summed E-state index contributed by atoms with van der Waals surface area (Å²) in [5.74, 6) is 0. The molecule has 1 fully saturated rings. The van der Waals surface area contributed by atoms with Gasteiger partial charge in [-0.1, -0.05) is 32.8 Å². The monoisotopic (exact) mass is 232 g/mol. The molecular formula is C15H24N2. The van der Waals surface area contributed by atoms with E-state index in [4.69, 9.17) is 0 Å². The lowest BCUT2D eigenvalue weighted by atomic mass is 9.73. The standard InChI is InChI=1S/C15H24N2/c1-12-7-6-8-13(17-12)11-16-14-9-4-5-10-15(14,2)3/h6-8,14,16H,4-5,9-11H2,1-3H3. The van der Waals surface area contributed by atoms with Crippen molar-refractivity contribution < 1.29 is 0 Å². The van der Waals surface area contributed by atoms with E-state index in [1.165, 1.54) is 25.7 Å². The molecule has 0 aliphatic heterocycles.